The van der Waals surface area contributed by atoms with Gasteiger partial charge in [0.25, 0.3) is 0 Å². The van der Waals surface area contributed by atoms with Crippen molar-refractivity contribution in [3.63, 3.8) is 0 Å². The van der Waals surface area contributed by atoms with Crippen LogP contribution in [0.5, 0.6) is 0 Å². The number of nitrogens with two attached hydrogens (primary N) is 1. The van der Waals surface area contributed by atoms with Crippen molar-refractivity contribution in [2.24, 2.45) is 11.7 Å². The van der Waals surface area contributed by atoms with Gasteiger partial charge in [-0.1, -0.05) is 23.7 Å². The maximum atomic E-state index is 9.95. The second-order valence-electron chi connectivity index (χ2n) is 6.60. The number of nitriles is 2. The van der Waals surface area contributed by atoms with Crippen LogP contribution in [-0.4, -0.2) is 32.6 Å². The zero-order valence-electron chi connectivity index (χ0n) is 12.6. The van der Waals surface area contributed by atoms with Crippen LogP contribution in [0.4, 0.5) is 0 Å². The van der Waals surface area contributed by atoms with Gasteiger partial charge in [0.05, 0.1) is 17.4 Å². The number of halogens is 1. The normalized spacial score (nSPS) is 41.6. The summed E-state index contributed by atoms with van der Waals surface area (Å²) in [6.45, 7) is 0. The summed E-state index contributed by atoms with van der Waals surface area (Å²) in [5.41, 5.74) is 7.65. The lowest BCUT2D eigenvalue weighted by atomic mass is 9.80. The van der Waals surface area contributed by atoms with E-state index in [0.717, 1.165) is 0 Å². The highest BCUT2D eigenvalue weighted by atomic mass is 35.5. The molecule has 0 amide bonds. The lowest BCUT2D eigenvalue weighted by Gasteiger charge is -2.51. The molecule has 0 aromatic heterocycles. The quantitative estimate of drug-likeness (QED) is 0.829. The summed E-state index contributed by atoms with van der Waals surface area (Å²) in [7, 11) is -0.975. The maximum Gasteiger partial charge on any atom is 0.108 e. The van der Waals surface area contributed by atoms with E-state index in [1.807, 2.05) is 24.3 Å². The summed E-state index contributed by atoms with van der Waals surface area (Å²) in [5.74, 6) is 2.74. The SMILES string of the molecule is N#CC1SC2C(C1N)C(c1ccc(Cl)cc1)C(C#N)S21CCC1. The number of benzene rings is 1. The summed E-state index contributed by atoms with van der Waals surface area (Å²) in [5, 5.41) is 20.0. The van der Waals surface area contributed by atoms with Crippen LogP contribution in [0.1, 0.15) is 17.9 Å². The van der Waals surface area contributed by atoms with Crippen LogP contribution in [0.3, 0.4) is 0 Å². The second-order valence-corrected chi connectivity index (χ2v) is 12.5. The van der Waals surface area contributed by atoms with Crippen LogP contribution < -0.4 is 5.73 Å². The molecule has 0 radical (unpaired) electrons. The molecule has 0 bridgehead atoms. The van der Waals surface area contributed by atoms with Gasteiger partial charge in [0.1, 0.15) is 5.25 Å². The predicted octanol–water partition coefficient (Wildman–Crippen LogP) is 3.45. The smallest absolute Gasteiger partial charge is 0.108 e. The first kappa shape index (κ1) is 15.7. The van der Waals surface area contributed by atoms with Crippen LogP contribution in [0.2, 0.25) is 5.02 Å². The molecule has 3 aliphatic rings. The summed E-state index contributed by atoms with van der Waals surface area (Å²) in [4.78, 5) is 0. The van der Waals surface area contributed by atoms with Crippen LogP contribution >= 0.6 is 33.4 Å². The highest BCUT2D eigenvalue weighted by molar-refractivity contribution is 8.42. The summed E-state index contributed by atoms with van der Waals surface area (Å²) in [6.07, 6.45) is 1.22. The van der Waals surface area contributed by atoms with Crippen molar-refractivity contribution in [3.05, 3.63) is 34.9 Å². The topological polar surface area (TPSA) is 73.6 Å². The van der Waals surface area contributed by atoms with Crippen molar-refractivity contribution in [2.75, 3.05) is 11.5 Å². The van der Waals surface area contributed by atoms with Gasteiger partial charge in [0, 0.05) is 27.5 Å². The Balaban J connectivity index is 1.81. The zero-order chi connectivity index (χ0) is 16.2. The maximum absolute atomic E-state index is 9.95. The molecule has 3 saturated heterocycles. The Morgan fingerprint density at radius 1 is 1.17 bits per heavy atom. The third-order valence-electron chi connectivity index (χ3n) is 5.66. The van der Waals surface area contributed by atoms with E-state index < -0.39 is 10.0 Å². The van der Waals surface area contributed by atoms with E-state index in [9.17, 15) is 10.5 Å². The fourth-order valence-corrected chi connectivity index (χ4v) is 12.4. The molecule has 2 N–H and O–H groups in total. The van der Waals surface area contributed by atoms with Crippen LogP contribution in [-0.2, 0) is 0 Å². The van der Waals surface area contributed by atoms with E-state index in [-0.39, 0.29) is 28.4 Å². The van der Waals surface area contributed by atoms with Gasteiger partial charge < -0.3 is 5.73 Å². The Labute approximate surface area is 147 Å². The monoisotopic (exact) mass is 363 g/mol. The summed E-state index contributed by atoms with van der Waals surface area (Å²) >= 11 is 7.80. The molecule has 6 heteroatoms. The van der Waals surface area contributed by atoms with Crippen molar-refractivity contribution in [2.45, 2.75) is 33.5 Å². The van der Waals surface area contributed by atoms with Crippen LogP contribution in [0.25, 0.3) is 0 Å². The minimum absolute atomic E-state index is 0.0746. The third kappa shape index (κ3) is 2.07. The van der Waals surface area contributed by atoms with E-state index in [1.165, 1.54) is 23.5 Å². The molecule has 6 unspecified atom stereocenters. The van der Waals surface area contributed by atoms with E-state index in [4.69, 9.17) is 17.3 Å². The number of hydrogen-bond donors (Lipinski definition) is 1. The number of rotatable bonds is 1. The van der Waals surface area contributed by atoms with Gasteiger partial charge in [-0.25, -0.2) is 10.0 Å². The largest absolute Gasteiger partial charge is 0.326 e. The average Bonchev–Trinajstić information content (AvgIpc) is 2.99. The molecule has 23 heavy (non-hydrogen) atoms. The molecule has 4 rings (SSSR count). The first-order chi connectivity index (χ1) is 11.1. The van der Waals surface area contributed by atoms with E-state index in [1.54, 1.807) is 11.8 Å². The standard InChI is InChI=1S/C17H18ClN3S2/c18-11-4-2-10(3-5-11)14-13(9-20)23(6-1-7-23)17-15(14)16(21)12(8-19)22-17/h2-5,12-17H,1,6-7,21H2. The van der Waals surface area contributed by atoms with E-state index in [0.29, 0.717) is 9.60 Å². The minimum Gasteiger partial charge on any atom is -0.326 e. The van der Waals surface area contributed by atoms with Crippen molar-refractivity contribution in [1.29, 1.82) is 10.5 Å². The third-order valence-corrected chi connectivity index (χ3v) is 13.4. The van der Waals surface area contributed by atoms with Crippen molar-refractivity contribution in [1.82, 2.24) is 0 Å². The van der Waals surface area contributed by atoms with E-state index in [2.05, 4.69) is 12.1 Å². The Hall–Kier alpha value is -0.850. The highest BCUT2D eigenvalue weighted by Gasteiger charge is 2.65. The molecule has 3 aliphatic heterocycles. The fraction of sp³-hybridized carbons (Fsp3) is 0.529. The predicted molar refractivity (Wildman–Crippen MR) is 97.8 cm³/mol. The van der Waals surface area contributed by atoms with Gasteiger partial charge >= 0.3 is 0 Å². The molecule has 120 valence electrons. The van der Waals surface area contributed by atoms with Crippen molar-refractivity contribution < 1.29 is 0 Å². The zero-order valence-corrected chi connectivity index (χ0v) is 14.9. The van der Waals surface area contributed by atoms with Gasteiger partial charge in [-0.3, -0.25) is 0 Å². The molecule has 3 fully saturated rings. The number of hydrogen-bond acceptors (Lipinski definition) is 4. The Kier molecular flexibility index (Phi) is 3.82. The molecule has 0 aliphatic carbocycles. The minimum atomic E-state index is -0.975. The van der Waals surface area contributed by atoms with Gasteiger partial charge in [-0.2, -0.15) is 10.5 Å². The van der Waals surface area contributed by atoms with Gasteiger partial charge in [-0.05, 0) is 35.6 Å². The van der Waals surface area contributed by atoms with Crippen molar-refractivity contribution >= 4 is 33.4 Å². The van der Waals surface area contributed by atoms with Crippen molar-refractivity contribution in [3.8, 4) is 12.1 Å². The molecule has 1 spiro atoms. The summed E-state index contributed by atoms with van der Waals surface area (Å²) < 4.78 is 0.418. The molecule has 3 heterocycles. The summed E-state index contributed by atoms with van der Waals surface area (Å²) in [6, 6.07) is 12.8. The average molecular weight is 364 g/mol. The Morgan fingerprint density at radius 2 is 1.87 bits per heavy atom. The fourth-order valence-electron chi connectivity index (χ4n) is 4.53. The highest BCUT2D eigenvalue weighted by Crippen LogP contribution is 2.79. The van der Waals surface area contributed by atoms with Gasteiger partial charge in [0.15, 0.2) is 0 Å². The molecule has 3 nitrogen and oxygen atoms in total. The lowest BCUT2D eigenvalue weighted by molar-refractivity contribution is 0.424. The van der Waals surface area contributed by atoms with Crippen LogP contribution in [0.15, 0.2) is 24.3 Å². The first-order valence-electron chi connectivity index (χ1n) is 7.84. The second kappa shape index (κ2) is 5.60. The van der Waals surface area contributed by atoms with Gasteiger partial charge in [-0.15, -0.1) is 11.8 Å². The number of thioether (sulfide) groups is 1. The Bertz CT molecular complexity index is 704. The van der Waals surface area contributed by atoms with Gasteiger partial charge in [0.2, 0.25) is 0 Å². The number of fused-ring (bicyclic) bond motifs is 2. The molecule has 6 atom stereocenters. The lowest BCUT2D eigenvalue weighted by Crippen LogP contribution is -2.38. The first-order valence-corrected chi connectivity index (χ1v) is 11.3. The molecular formula is C17H18ClN3S2. The molecule has 0 saturated carbocycles. The molecule has 1 aromatic rings. The number of nitrogens with zero attached hydrogens (tertiary/aromatic N) is 2. The molecule has 1 aromatic carbocycles. The molecular weight excluding hydrogens is 346 g/mol. The van der Waals surface area contributed by atoms with E-state index >= 15 is 0 Å². The Morgan fingerprint density at radius 3 is 2.39 bits per heavy atom. The van der Waals surface area contributed by atoms with Crippen LogP contribution in [0, 0.1) is 28.6 Å².